The van der Waals surface area contributed by atoms with Crippen molar-refractivity contribution < 1.29 is 5.11 Å². The SMILES string of the molecule is Cc1cccc2c(=O)[nH]c(CSCCO)nc12. The molecule has 0 spiro atoms. The summed E-state index contributed by atoms with van der Waals surface area (Å²) in [7, 11) is 0. The molecule has 0 saturated heterocycles. The third kappa shape index (κ3) is 2.68. The number of aliphatic hydroxyl groups excluding tert-OH is 1. The summed E-state index contributed by atoms with van der Waals surface area (Å²) in [6.45, 7) is 2.08. The van der Waals surface area contributed by atoms with Gasteiger partial charge < -0.3 is 10.1 Å². The van der Waals surface area contributed by atoms with Crippen molar-refractivity contribution in [3.05, 3.63) is 39.9 Å². The summed E-state index contributed by atoms with van der Waals surface area (Å²) >= 11 is 1.55. The fourth-order valence-electron chi connectivity index (χ4n) is 1.65. The maximum Gasteiger partial charge on any atom is 0.258 e. The van der Waals surface area contributed by atoms with Gasteiger partial charge in [-0.3, -0.25) is 4.79 Å². The van der Waals surface area contributed by atoms with Gasteiger partial charge in [-0.1, -0.05) is 12.1 Å². The molecule has 0 aliphatic carbocycles. The number of aromatic nitrogens is 2. The normalized spacial score (nSPS) is 10.9. The van der Waals surface area contributed by atoms with Crippen molar-refractivity contribution in [2.75, 3.05) is 12.4 Å². The Hall–Kier alpha value is -1.33. The van der Waals surface area contributed by atoms with Crippen LogP contribution in [0.5, 0.6) is 0 Å². The number of aromatic amines is 1. The highest BCUT2D eigenvalue weighted by atomic mass is 32.2. The van der Waals surface area contributed by atoms with Gasteiger partial charge in [-0.15, -0.1) is 0 Å². The Morgan fingerprint density at radius 2 is 2.29 bits per heavy atom. The Balaban J connectivity index is 2.40. The highest BCUT2D eigenvalue weighted by Gasteiger charge is 2.05. The van der Waals surface area contributed by atoms with Crippen LogP contribution in [0.25, 0.3) is 10.9 Å². The van der Waals surface area contributed by atoms with Crippen molar-refractivity contribution >= 4 is 22.7 Å². The average Bonchev–Trinajstić information content (AvgIpc) is 2.31. The molecule has 0 fully saturated rings. The van der Waals surface area contributed by atoms with E-state index >= 15 is 0 Å². The monoisotopic (exact) mass is 250 g/mol. The van der Waals surface area contributed by atoms with E-state index in [0.717, 1.165) is 11.1 Å². The van der Waals surface area contributed by atoms with Crippen molar-refractivity contribution in [1.29, 1.82) is 0 Å². The minimum Gasteiger partial charge on any atom is -0.396 e. The molecule has 0 radical (unpaired) electrons. The van der Waals surface area contributed by atoms with Gasteiger partial charge in [0.05, 0.1) is 23.3 Å². The van der Waals surface area contributed by atoms with Crippen LogP contribution >= 0.6 is 11.8 Å². The van der Waals surface area contributed by atoms with Crippen LogP contribution in [0.1, 0.15) is 11.4 Å². The molecule has 1 heterocycles. The fourth-order valence-corrected chi connectivity index (χ4v) is 2.26. The highest BCUT2D eigenvalue weighted by Crippen LogP contribution is 2.14. The third-order valence-electron chi connectivity index (χ3n) is 2.46. The summed E-state index contributed by atoms with van der Waals surface area (Å²) in [6, 6.07) is 5.58. The number of para-hydroxylation sites is 1. The van der Waals surface area contributed by atoms with Gasteiger partial charge in [0.25, 0.3) is 5.56 Å². The Morgan fingerprint density at radius 1 is 1.47 bits per heavy atom. The summed E-state index contributed by atoms with van der Waals surface area (Å²) in [5.41, 5.74) is 1.66. The number of nitrogens with one attached hydrogen (secondary N) is 1. The summed E-state index contributed by atoms with van der Waals surface area (Å²) in [5.74, 6) is 1.92. The van der Waals surface area contributed by atoms with Crippen molar-refractivity contribution in [2.45, 2.75) is 12.7 Å². The molecule has 0 saturated carbocycles. The van der Waals surface area contributed by atoms with E-state index in [0.29, 0.717) is 22.7 Å². The van der Waals surface area contributed by atoms with Crippen LogP contribution < -0.4 is 5.56 Å². The van der Waals surface area contributed by atoms with Crippen LogP contribution in [0.3, 0.4) is 0 Å². The number of benzene rings is 1. The summed E-state index contributed by atoms with van der Waals surface area (Å²) in [4.78, 5) is 19.0. The molecule has 2 rings (SSSR count). The van der Waals surface area contributed by atoms with Crippen LogP contribution in [0.2, 0.25) is 0 Å². The van der Waals surface area contributed by atoms with E-state index in [4.69, 9.17) is 5.11 Å². The zero-order chi connectivity index (χ0) is 12.3. The lowest BCUT2D eigenvalue weighted by atomic mass is 10.1. The van der Waals surface area contributed by atoms with Crippen LogP contribution in [0, 0.1) is 6.92 Å². The third-order valence-corrected chi connectivity index (χ3v) is 3.41. The number of fused-ring (bicyclic) bond motifs is 1. The summed E-state index contributed by atoms with van der Waals surface area (Å²) in [5, 5.41) is 9.33. The van der Waals surface area contributed by atoms with Crippen molar-refractivity contribution in [3.63, 3.8) is 0 Å². The van der Waals surface area contributed by atoms with Gasteiger partial charge in [-0.25, -0.2) is 4.98 Å². The molecule has 0 amide bonds. The van der Waals surface area contributed by atoms with Gasteiger partial charge in [-0.2, -0.15) is 11.8 Å². The zero-order valence-electron chi connectivity index (χ0n) is 9.56. The maximum absolute atomic E-state index is 11.8. The summed E-state index contributed by atoms with van der Waals surface area (Å²) in [6.07, 6.45) is 0. The molecule has 2 N–H and O–H groups in total. The van der Waals surface area contributed by atoms with E-state index in [1.807, 2.05) is 19.1 Å². The lowest BCUT2D eigenvalue weighted by Gasteiger charge is -2.04. The number of H-pyrrole nitrogens is 1. The standard InChI is InChI=1S/C12H14N2O2S/c1-8-3-2-4-9-11(8)13-10(14-12(9)16)7-17-6-5-15/h2-4,15H,5-7H2,1H3,(H,13,14,16). The molecule has 0 atom stereocenters. The largest absolute Gasteiger partial charge is 0.396 e. The summed E-state index contributed by atoms with van der Waals surface area (Å²) < 4.78 is 0. The van der Waals surface area contributed by atoms with E-state index in [2.05, 4.69) is 9.97 Å². The second-order valence-corrected chi connectivity index (χ2v) is 4.87. The maximum atomic E-state index is 11.8. The number of hydrogen-bond donors (Lipinski definition) is 2. The van der Waals surface area contributed by atoms with E-state index in [-0.39, 0.29) is 12.2 Å². The molecule has 0 unspecified atom stereocenters. The molecule has 1 aromatic carbocycles. The van der Waals surface area contributed by atoms with Gasteiger partial charge >= 0.3 is 0 Å². The quantitative estimate of drug-likeness (QED) is 0.806. The van der Waals surface area contributed by atoms with Crippen molar-refractivity contribution in [2.24, 2.45) is 0 Å². The molecule has 0 aliphatic rings. The Labute approximate surface area is 103 Å². The van der Waals surface area contributed by atoms with Crippen LogP contribution in [-0.4, -0.2) is 27.4 Å². The lowest BCUT2D eigenvalue weighted by Crippen LogP contribution is -2.12. The van der Waals surface area contributed by atoms with Gasteiger partial charge in [0.1, 0.15) is 5.82 Å². The highest BCUT2D eigenvalue weighted by molar-refractivity contribution is 7.98. The van der Waals surface area contributed by atoms with Gasteiger partial charge in [0.15, 0.2) is 0 Å². The molecule has 0 aliphatic heterocycles. The Bertz CT molecular complexity index is 580. The first-order chi connectivity index (χ1) is 8.22. The minimum atomic E-state index is -0.0988. The molecule has 90 valence electrons. The predicted molar refractivity (Wildman–Crippen MR) is 70.3 cm³/mol. The topological polar surface area (TPSA) is 66.0 Å². The van der Waals surface area contributed by atoms with E-state index < -0.39 is 0 Å². The number of nitrogens with zero attached hydrogens (tertiary/aromatic N) is 1. The Kier molecular flexibility index (Phi) is 3.81. The van der Waals surface area contributed by atoms with Crippen LogP contribution in [0.15, 0.2) is 23.0 Å². The smallest absolute Gasteiger partial charge is 0.258 e. The number of aliphatic hydroxyl groups is 1. The average molecular weight is 250 g/mol. The minimum absolute atomic E-state index is 0.0988. The fraction of sp³-hybridized carbons (Fsp3) is 0.333. The number of aryl methyl sites for hydroxylation is 1. The molecule has 17 heavy (non-hydrogen) atoms. The number of rotatable bonds is 4. The van der Waals surface area contributed by atoms with E-state index in [1.165, 1.54) is 0 Å². The first-order valence-corrected chi connectivity index (χ1v) is 6.55. The van der Waals surface area contributed by atoms with Crippen LogP contribution in [-0.2, 0) is 5.75 Å². The molecular weight excluding hydrogens is 236 g/mol. The molecule has 2 aromatic rings. The van der Waals surface area contributed by atoms with Crippen LogP contribution in [0.4, 0.5) is 0 Å². The number of thioether (sulfide) groups is 1. The first-order valence-electron chi connectivity index (χ1n) is 5.39. The second kappa shape index (κ2) is 5.33. The van der Waals surface area contributed by atoms with E-state index in [9.17, 15) is 4.79 Å². The molecule has 4 nitrogen and oxygen atoms in total. The van der Waals surface area contributed by atoms with Crippen molar-refractivity contribution in [3.8, 4) is 0 Å². The molecule has 1 aromatic heterocycles. The van der Waals surface area contributed by atoms with Gasteiger partial charge in [0.2, 0.25) is 0 Å². The predicted octanol–water partition coefficient (Wildman–Crippen LogP) is 1.46. The second-order valence-electron chi connectivity index (χ2n) is 3.76. The van der Waals surface area contributed by atoms with Gasteiger partial charge in [0, 0.05) is 5.75 Å². The first kappa shape index (κ1) is 12.1. The molecule has 0 bridgehead atoms. The zero-order valence-corrected chi connectivity index (χ0v) is 10.4. The van der Waals surface area contributed by atoms with Gasteiger partial charge in [-0.05, 0) is 18.6 Å². The number of hydrogen-bond acceptors (Lipinski definition) is 4. The van der Waals surface area contributed by atoms with Crippen molar-refractivity contribution in [1.82, 2.24) is 9.97 Å². The molecular formula is C12H14N2O2S. The van der Waals surface area contributed by atoms with E-state index in [1.54, 1.807) is 17.8 Å². The lowest BCUT2D eigenvalue weighted by molar-refractivity contribution is 0.322. The Morgan fingerprint density at radius 3 is 3.06 bits per heavy atom. The molecule has 5 heteroatoms.